The first kappa shape index (κ1) is 24.2. The van der Waals surface area contributed by atoms with Gasteiger partial charge in [-0.1, -0.05) is 0 Å². The molecule has 3 N–H and O–H groups in total. The van der Waals surface area contributed by atoms with Crippen molar-refractivity contribution >= 4 is 41.2 Å². The van der Waals surface area contributed by atoms with Gasteiger partial charge in [0, 0.05) is 36.8 Å². The number of aromatic carboxylic acids is 1. The number of piperidine rings is 2. The number of nitrogens with one attached hydrogen (secondary N) is 2. The van der Waals surface area contributed by atoms with Crippen molar-refractivity contribution in [2.75, 3.05) is 18.0 Å². The van der Waals surface area contributed by atoms with Gasteiger partial charge in [-0.05, 0) is 61.7 Å². The van der Waals surface area contributed by atoms with E-state index in [-0.39, 0.29) is 41.5 Å². The van der Waals surface area contributed by atoms with Crippen LogP contribution in [0.3, 0.4) is 0 Å². The van der Waals surface area contributed by atoms with Crippen molar-refractivity contribution in [3.05, 3.63) is 64.7 Å². The van der Waals surface area contributed by atoms with Crippen LogP contribution in [0.5, 0.6) is 0 Å². The van der Waals surface area contributed by atoms with Crippen LogP contribution in [-0.4, -0.2) is 70.7 Å². The number of amides is 5. The molecule has 3 aliphatic rings. The predicted molar refractivity (Wildman–Crippen MR) is 129 cm³/mol. The molecule has 2 aromatic rings. The predicted octanol–water partition coefficient (Wildman–Crippen LogP) is 1.18. The van der Waals surface area contributed by atoms with E-state index in [1.165, 1.54) is 24.3 Å². The molecule has 0 radical (unpaired) electrons. The standard InChI is InChI=1S/C26H24N4O7/c31-21-8-7-20(23(33)28-21)30-24(34)18-6-5-17(13-19(18)25(30)35)29-11-9-16(10-12-29)27-22(32)14-1-3-15(4-2-14)26(36)37/h1-6,13,16,20H,7-12H2,(H,27,32)(H,36,37)(H,28,31,33). The zero-order valence-electron chi connectivity index (χ0n) is 19.7. The number of rotatable bonds is 5. The van der Waals surface area contributed by atoms with E-state index in [0.717, 1.165) is 10.6 Å². The van der Waals surface area contributed by atoms with Crippen molar-refractivity contribution in [2.45, 2.75) is 37.8 Å². The molecule has 3 heterocycles. The average Bonchev–Trinajstić information content (AvgIpc) is 3.14. The van der Waals surface area contributed by atoms with Crippen LogP contribution in [0.25, 0.3) is 0 Å². The highest BCUT2D eigenvalue weighted by Gasteiger charge is 2.44. The summed E-state index contributed by atoms with van der Waals surface area (Å²) in [4.78, 5) is 76.2. The van der Waals surface area contributed by atoms with Crippen molar-refractivity contribution in [3.8, 4) is 0 Å². The Morgan fingerprint density at radius 1 is 0.865 bits per heavy atom. The van der Waals surface area contributed by atoms with Gasteiger partial charge in [0.2, 0.25) is 11.8 Å². The lowest BCUT2D eigenvalue weighted by molar-refractivity contribution is -0.136. The van der Waals surface area contributed by atoms with E-state index in [1.807, 2.05) is 0 Å². The van der Waals surface area contributed by atoms with Crippen LogP contribution < -0.4 is 15.5 Å². The summed E-state index contributed by atoms with van der Waals surface area (Å²) < 4.78 is 0. The molecule has 5 amide bonds. The summed E-state index contributed by atoms with van der Waals surface area (Å²) in [5.41, 5.74) is 1.72. The lowest BCUT2D eigenvalue weighted by atomic mass is 10.0. The first-order valence-electron chi connectivity index (χ1n) is 12.0. The van der Waals surface area contributed by atoms with Gasteiger partial charge in [-0.3, -0.25) is 34.2 Å². The Kier molecular flexibility index (Phi) is 6.20. The zero-order chi connectivity index (χ0) is 26.3. The third-order valence-corrected chi connectivity index (χ3v) is 7.01. The fraction of sp³-hybridized carbons (Fsp3) is 0.308. The molecule has 0 bridgehead atoms. The molecule has 1 unspecified atom stereocenters. The van der Waals surface area contributed by atoms with Gasteiger partial charge in [0.15, 0.2) is 0 Å². The second-order valence-electron chi connectivity index (χ2n) is 9.29. The number of imide groups is 2. The average molecular weight is 504 g/mol. The van der Waals surface area contributed by atoms with Crippen LogP contribution in [0, 0.1) is 0 Å². The first-order chi connectivity index (χ1) is 17.7. The quantitative estimate of drug-likeness (QED) is 0.513. The largest absolute Gasteiger partial charge is 0.478 e. The highest BCUT2D eigenvalue weighted by atomic mass is 16.4. The van der Waals surface area contributed by atoms with Crippen molar-refractivity contribution in [1.82, 2.24) is 15.5 Å². The molecule has 2 aromatic carbocycles. The van der Waals surface area contributed by atoms with Gasteiger partial charge >= 0.3 is 5.97 Å². The van der Waals surface area contributed by atoms with E-state index in [2.05, 4.69) is 15.5 Å². The molecule has 0 aliphatic carbocycles. The number of carboxylic acid groups (broad SMARTS) is 1. The lowest BCUT2D eigenvalue weighted by Gasteiger charge is -2.34. The number of hydrogen-bond acceptors (Lipinski definition) is 7. The number of fused-ring (bicyclic) bond motifs is 1. The highest BCUT2D eigenvalue weighted by molar-refractivity contribution is 6.23. The van der Waals surface area contributed by atoms with E-state index in [0.29, 0.717) is 31.5 Å². The van der Waals surface area contributed by atoms with Crippen LogP contribution >= 0.6 is 0 Å². The molecule has 0 spiro atoms. The van der Waals surface area contributed by atoms with Crippen molar-refractivity contribution in [3.63, 3.8) is 0 Å². The van der Waals surface area contributed by atoms with Crippen LogP contribution in [0.2, 0.25) is 0 Å². The Bertz CT molecular complexity index is 1330. The second kappa shape index (κ2) is 9.49. The molecular weight excluding hydrogens is 480 g/mol. The molecule has 11 heteroatoms. The van der Waals surface area contributed by atoms with E-state index in [1.54, 1.807) is 18.2 Å². The number of carboxylic acids is 1. The van der Waals surface area contributed by atoms with Crippen molar-refractivity contribution in [2.24, 2.45) is 0 Å². The molecule has 190 valence electrons. The summed E-state index contributed by atoms with van der Waals surface area (Å²) in [7, 11) is 0. The summed E-state index contributed by atoms with van der Waals surface area (Å²) in [5, 5.41) is 14.2. The molecule has 2 fully saturated rings. The van der Waals surface area contributed by atoms with Gasteiger partial charge in [-0.2, -0.15) is 0 Å². The maximum Gasteiger partial charge on any atom is 0.335 e. The monoisotopic (exact) mass is 504 g/mol. The van der Waals surface area contributed by atoms with E-state index < -0.39 is 35.6 Å². The highest BCUT2D eigenvalue weighted by Crippen LogP contribution is 2.31. The SMILES string of the molecule is O=C1CCC(N2C(=O)c3ccc(N4CCC(NC(=O)c5ccc(C(=O)O)cc5)CC4)cc3C2=O)C(=O)N1. The van der Waals surface area contributed by atoms with E-state index >= 15 is 0 Å². The van der Waals surface area contributed by atoms with Gasteiger partial charge in [0.1, 0.15) is 6.04 Å². The molecular formula is C26H24N4O7. The van der Waals surface area contributed by atoms with Crippen molar-refractivity contribution < 1.29 is 33.9 Å². The number of benzene rings is 2. The number of carbonyl (C=O) groups is 6. The maximum atomic E-state index is 13.1. The summed E-state index contributed by atoms with van der Waals surface area (Å²) >= 11 is 0. The van der Waals surface area contributed by atoms with Gasteiger partial charge in [-0.15, -0.1) is 0 Å². The van der Waals surface area contributed by atoms with E-state index in [9.17, 15) is 28.8 Å². The Balaban J connectivity index is 1.22. The van der Waals surface area contributed by atoms with Gasteiger partial charge in [-0.25, -0.2) is 4.79 Å². The zero-order valence-corrected chi connectivity index (χ0v) is 19.7. The van der Waals surface area contributed by atoms with Gasteiger partial charge < -0.3 is 15.3 Å². The number of anilines is 1. The van der Waals surface area contributed by atoms with Crippen LogP contribution in [-0.2, 0) is 9.59 Å². The molecule has 0 aromatic heterocycles. The first-order valence-corrected chi connectivity index (χ1v) is 12.0. The number of nitrogens with zero attached hydrogens (tertiary/aromatic N) is 2. The maximum absolute atomic E-state index is 13.1. The third-order valence-electron chi connectivity index (χ3n) is 7.01. The summed E-state index contributed by atoms with van der Waals surface area (Å²) in [6.07, 6.45) is 1.48. The number of hydrogen-bond donors (Lipinski definition) is 3. The van der Waals surface area contributed by atoms with Crippen LogP contribution in [0.1, 0.15) is 67.1 Å². The smallest absolute Gasteiger partial charge is 0.335 e. The Labute approximate surface area is 211 Å². The lowest BCUT2D eigenvalue weighted by Crippen LogP contribution is -2.54. The fourth-order valence-electron chi connectivity index (χ4n) is 4.97. The summed E-state index contributed by atoms with van der Waals surface area (Å²) in [5.74, 6) is -3.48. The molecule has 1 atom stereocenters. The van der Waals surface area contributed by atoms with Gasteiger partial charge in [0.25, 0.3) is 17.7 Å². The Morgan fingerprint density at radius 2 is 1.51 bits per heavy atom. The number of carbonyl (C=O) groups excluding carboxylic acids is 5. The molecule has 11 nitrogen and oxygen atoms in total. The topological polar surface area (TPSA) is 153 Å². The Hall–Kier alpha value is -4.54. The van der Waals surface area contributed by atoms with Crippen molar-refractivity contribution in [1.29, 1.82) is 0 Å². The second-order valence-corrected chi connectivity index (χ2v) is 9.29. The van der Waals surface area contributed by atoms with Crippen LogP contribution in [0.4, 0.5) is 5.69 Å². The normalized spacial score (nSPS) is 20.1. The fourth-order valence-corrected chi connectivity index (χ4v) is 4.97. The minimum atomic E-state index is -1.05. The summed E-state index contributed by atoms with van der Waals surface area (Å²) in [6, 6.07) is 9.68. The molecule has 5 rings (SSSR count). The van der Waals surface area contributed by atoms with E-state index in [4.69, 9.17) is 5.11 Å². The molecule has 2 saturated heterocycles. The molecule has 3 aliphatic heterocycles. The Morgan fingerprint density at radius 3 is 2.16 bits per heavy atom. The summed E-state index contributed by atoms with van der Waals surface area (Å²) in [6.45, 7) is 1.22. The minimum absolute atomic E-state index is 0.0637. The molecule has 0 saturated carbocycles. The minimum Gasteiger partial charge on any atom is -0.478 e. The third kappa shape index (κ3) is 4.55. The van der Waals surface area contributed by atoms with Crippen LogP contribution in [0.15, 0.2) is 42.5 Å². The van der Waals surface area contributed by atoms with Gasteiger partial charge in [0.05, 0.1) is 16.7 Å². The molecule has 37 heavy (non-hydrogen) atoms.